The molecule has 1 saturated carbocycles. The molecule has 3 aromatic rings. The Balaban J connectivity index is 1.57. The van der Waals surface area contributed by atoms with Gasteiger partial charge in [-0.25, -0.2) is 4.98 Å². The van der Waals surface area contributed by atoms with Gasteiger partial charge in [0.05, 0.1) is 18.1 Å². The van der Waals surface area contributed by atoms with E-state index >= 15 is 0 Å². The molecule has 23 heavy (non-hydrogen) atoms. The third-order valence-corrected chi connectivity index (χ3v) is 4.05. The topological polar surface area (TPSA) is 67.0 Å². The Labute approximate surface area is 133 Å². The number of benzene rings is 2. The van der Waals surface area contributed by atoms with Crippen LogP contribution in [0, 0.1) is 0 Å². The number of amides is 1. The summed E-state index contributed by atoms with van der Waals surface area (Å²) in [6, 6.07) is 12.8. The molecule has 4 rings (SSSR count). The molecule has 0 atom stereocenters. The number of aromatic amines is 1. The summed E-state index contributed by atoms with van der Waals surface area (Å²) in [4.78, 5) is 20.3. The summed E-state index contributed by atoms with van der Waals surface area (Å²) in [5.74, 6) is 2.13. The molecule has 1 amide bonds. The van der Waals surface area contributed by atoms with Crippen molar-refractivity contribution in [3.8, 4) is 5.75 Å². The molecule has 0 radical (unpaired) electrons. The molecular formula is C18H17N3O2. The number of anilines is 1. The van der Waals surface area contributed by atoms with Crippen LogP contribution in [-0.2, 0) is 0 Å². The number of aromatic nitrogens is 2. The van der Waals surface area contributed by atoms with Crippen LogP contribution in [0.2, 0.25) is 0 Å². The van der Waals surface area contributed by atoms with Crippen molar-refractivity contribution in [1.82, 2.24) is 9.97 Å². The van der Waals surface area contributed by atoms with E-state index in [1.165, 1.54) is 12.8 Å². The summed E-state index contributed by atoms with van der Waals surface area (Å²) < 4.78 is 5.15. The second-order valence-corrected chi connectivity index (χ2v) is 5.81. The number of methoxy groups -OCH3 is 1. The predicted octanol–water partition coefficient (Wildman–Crippen LogP) is 3.70. The van der Waals surface area contributed by atoms with Crippen molar-refractivity contribution in [2.24, 2.45) is 0 Å². The van der Waals surface area contributed by atoms with Gasteiger partial charge >= 0.3 is 0 Å². The Kier molecular flexibility index (Phi) is 3.26. The molecule has 0 bridgehead atoms. The smallest absolute Gasteiger partial charge is 0.255 e. The third-order valence-electron chi connectivity index (χ3n) is 4.05. The lowest BCUT2D eigenvalue weighted by molar-refractivity contribution is 0.102. The fraction of sp³-hybridized carbons (Fsp3) is 0.222. The van der Waals surface area contributed by atoms with Gasteiger partial charge in [0.15, 0.2) is 0 Å². The Morgan fingerprint density at radius 3 is 2.91 bits per heavy atom. The van der Waals surface area contributed by atoms with Gasteiger partial charge < -0.3 is 15.0 Å². The van der Waals surface area contributed by atoms with Crippen LogP contribution in [0.4, 0.5) is 5.69 Å². The summed E-state index contributed by atoms with van der Waals surface area (Å²) in [7, 11) is 1.58. The van der Waals surface area contributed by atoms with Gasteiger partial charge in [-0.15, -0.1) is 0 Å². The monoisotopic (exact) mass is 307 g/mol. The lowest BCUT2D eigenvalue weighted by Gasteiger charge is -2.06. The molecular weight excluding hydrogens is 290 g/mol. The fourth-order valence-electron chi connectivity index (χ4n) is 2.62. The van der Waals surface area contributed by atoms with Gasteiger partial charge in [-0.3, -0.25) is 4.79 Å². The summed E-state index contributed by atoms with van der Waals surface area (Å²) >= 11 is 0. The standard InChI is InChI=1S/C18H17N3O2/c1-23-14-4-2-3-12(9-14)18(22)19-13-7-8-15-16(10-13)21-17(20-15)11-5-6-11/h2-4,7-11H,5-6H2,1H3,(H,19,22)(H,20,21). The maximum Gasteiger partial charge on any atom is 0.255 e. The van der Waals surface area contributed by atoms with Gasteiger partial charge in [0.2, 0.25) is 0 Å². The zero-order valence-electron chi connectivity index (χ0n) is 12.8. The van der Waals surface area contributed by atoms with Gasteiger partial charge in [-0.2, -0.15) is 0 Å². The number of nitrogens with zero attached hydrogens (tertiary/aromatic N) is 1. The first-order valence-corrected chi connectivity index (χ1v) is 7.68. The minimum absolute atomic E-state index is 0.162. The summed E-state index contributed by atoms with van der Waals surface area (Å²) in [6.45, 7) is 0. The van der Waals surface area contributed by atoms with Crippen molar-refractivity contribution in [1.29, 1.82) is 0 Å². The van der Waals surface area contributed by atoms with Crippen molar-refractivity contribution in [3.05, 3.63) is 53.9 Å². The first-order valence-electron chi connectivity index (χ1n) is 7.68. The average molecular weight is 307 g/mol. The number of carbonyl (C=O) groups excluding carboxylic acids is 1. The van der Waals surface area contributed by atoms with E-state index in [0.717, 1.165) is 22.5 Å². The summed E-state index contributed by atoms with van der Waals surface area (Å²) in [5.41, 5.74) is 3.20. The minimum atomic E-state index is -0.162. The molecule has 5 heteroatoms. The van der Waals surface area contributed by atoms with Crippen molar-refractivity contribution in [3.63, 3.8) is 0 Å². The number of fused-ring (bicyclic) bond motifs is 1. The SMILES string of the molecule is COc1cccc(C(=O)Nc2ccc3nc(C4CC4)[nH]c3c2)c1. The van der Waals surface area contributed by atoms with E-state index in [4.69, 9.17) is 4.74 Å². The molecule has 1 heterocycles. The van der Waals surface area contributed by atoms with E-state index in [2.05, 4.69) is 15.3 Å². The largest absolute Gasteiger partial charge is 0.497 e. The van der Waals surface area contributed by atoms with Gasteiger partial charge in [-0.05, 0) is 49.2 Å². The lowest BCUT2D eigenvalue weighted by Crippen LogP contribution is -2.11. The van der Waals surface area contributed by atoms with Crippen molar-refractivity contribution in [2.45, 2.75) is 18.8 Å². The molecule has 1 aliphatic rings. The highest BCUT2D eigenvalue weighted by atomic mass is 16.5. The van der Waals surface area contributed by atoms with Crippen LogP contribution in [0.25, 0.3) is 11.0 Å². The number of ether oxygens (including phenoxy) is 1. The molecule has 2 aromatic carbocycles. The van der Waals surface area contributed by atoms with Crippen LogP contribution >= 0.6 is 0 Å². The van der Waals surface area contributed by atoms with Crippen LogP contribution < -0.4 is 10.1 Å². The minimum Gasteiger partial charge on any atom is -0.497 e. The van der Waals surface area contributed by atoms with Crippen molar-refractivity contribution < 1.29 is 9.53 Å². The molecule has 0 aliphatic heterocycles. The first kappa shape index (κ1) is 13.8. The van der Waals surface area contributed by atoms with E-state index in [9.17, 15) is 4.79 Å². The number of hydrogen-bond donors (Lipinski definition) is 2. The molecule has 0 spiro atoms. The molecule has 116 valence electrons. The maximum absolute atomic E-state index is 12.3. The second kappa shape index (κ2) is 5.43. The van der Waals surface area contributed by atoms with Crippen molar-refractivity contribution >= 4 is 22.6 Å². The Bertz CT molecular complexity index is 881. The van der Waals surface area contributed by atoms with Crippen LogP contribution in [0.5, 0.6) is 5.75 Å². The van der Waals surface area contributed by atoms with E-state index in [1.807, 2.05) is 24.3 Å². The molecule has 1 aliphatic carbocycles. The molecule has 1 aromatic heterocycles. The van der Waals surface area contributed by atoms with E-state index in [-0.39, 0.29) is 5.91 Å². The van der Waals surface area contributed by atoms with Crippen LogP contribution in [0.1, 0.15) is 34.9 Å². The van der Waals surface area contributed by atoms with Gasteiger partial charge in [0.25, 0.3) is 5.91 Å². The summed E-state index contributed by atoms with van der Waals surface area (Å²) in [6.07, 6.45) is 2.42. The average Bonchev–Trinajstić information content (AvgIpc) is 3.34. The van der Waals surface area contributed by atoms with E-state index in [0.29, 0.717) is 17.2 Å². The highest BCUT2D eigenvalue weighted by Gasteiger charge is 2.26. The normalized spacial score (nSPS) is 14.0. The highest BCUT2D eigenvalue weighted by molar-refractivity contribution is 6.05. The zero-order valence-corrected chi connectivity index (χ0v) is 12.8. The molecule has 0 saturated heterocycles. The highest BCUT2D eigenvalue weighted by Crippen LogP contribution is 2.39. The number of nitrogens with one attached hydrogen (secondary N) is 2. The number of imidazole rings is 1. The van der Waals surface area contributed by atoms with Gasteiger partial charge in [0.1, 0.15) is 11.6 Å². The Morgan fingerprint density at radius 1 is 1.26 bits per heavy atom. The second-order valence-electron chi connectivity index (χ2n) is 5.81. The van der Waals surface area contributed by atoms with E-state index < -0.39 is 0 Å². The van der Waals surface area contributed by atoms with Gasteiger partial charge in [-0.1, -0.05) is 6.07 Å². The lowest BCUT2D eigenvalue weighted by atomic mass is 10.2. The zero-order chi connectivity index (χ0) is 15.8. The first-order chi connectivity index (χ1) is 11.2. The van der Waals surface area contributed by atoms with E-state index in [1.54, 1.807) is 25.3 Å². The molecule has 1 fully saturated rings. The van der Waals surface area contributed by atoms with Crippen LogP contribution in [0.3, 0.4) is 0 Å². The molecule has 2 N–H and O–H groups in total. The number of H-pyrrole nitrogens is 1. The molecule has 0 unspecified atom stereocenters. The predicted molar refractivity (Wildman–Crippen MR) is 89.0 cm³/mol. The summed E-state index contributed by atoms with van der Waals surface area (Å²) in [5, 5.41) is 2.91. The number of rotatable bonds is 4. The quantitative estimate of drug-likeness (QED) is 0.772. The van der Waals surface area contributed by atoms with Gasteiger partial charge in [0, 0.05) is 17.2 Å². The maximum atomic E-state index is 12.3. The van der Waals surface area contributed by atoms with Crippen LogP contribution in [-0.4, -0.2) is 23.0 Å². The Morgan fingerprint density at radius 2 is 2.13 bits per heavy atom. The fourth-order valence-corrected chi connectivity index (χ4v) is 2.62. The molecule has 5 nitrogen and oxygen atoms in total. The van der Waals surface area contributed by atoms with Crippen molar-refractivity contribution in [2.75, 3.05) is 12.4 Å². The third kappa shape index (κ3) is 2.77. The van der Waals surface area contributed by atoms with Crippen LogP contribution in [0.15, 0.2) is 42.5 Å². The number of hydrogen-bond acceptors (Lipinski definition) is 3. The number of carbonyl (C=O) groups is 1. The Hall–Kier alpha value is -2.82.